The molecule has 2 saturated carbocycles. The minimum atomic E-state index is -0.361. The lowest BCUT2D eigenvalue weighted by molar-refractivity contribution is -0.111. The third kappa shape index (κ3) is 2.22. The minimum absolute atomic E-state index is 0.147. The van der Waals surface area contributed by atoms with Crippen molar-refractivity contribution in [1.82, 2.24) is 0 Å². The van der Waals surface area contributed by atoms with Crippen molar-refractivity contribution in [3.05, 3.63) is 0 Å². The second-order valence-corrected chi connectivity index (χ2v) is 6.48. The van der Waals surface area contributed by atoms with Crippen LogP contribution in [-0.4, -0.2) is 10.7 Å². The van der Waals surface area contributed by atoms with Crippen LogP contribution in [0.15, 0.2) is 0 Å². The Hall–Kier alpha value is -0.0400. The maximum Gasteiger partial charge on any atom is 0.0701 e. The molecule has 1 unspecified atom stereocenters. The van der Waals surface area contributed by atoms with Gasteiger partial charge in [-0.2, -0.15) is 0 Å². The Bertz CT molecular complexity index is 215. The summed E-state index contributed by atoms with van der Waals surface area (Å²) in [6.07, 6.45) is 11.3. The molecule has 0 aromatic rings. The maximum absolute atomic E-state index is 10.9. The van der Waals surface area contributed by atoms with Crippen molar-refractivity contribution in [2.45, 2.75) is 77.2 Å². The molecule has 1 nitrogen and oxygen atoms in total. The molecular formula is C14H26O. The van der Waals surface area contributed by atoms with Crippen molar-refractivity contribution < 1.29 is 5.11 Å². The number of rotatable bonds is 2. The zero-order chi connectivity index (χ0) is 10.9. The summed E-state index contributed by atoms with van der Waals surface area (Å²) in [7, 11) is 0. The van der Waals surface area contributed by atoms with E-state index in [1.807, 2.05) is 0 Å². The Labute approximate surface area is 94.3 Å². The molecule has 0 aromatic heterocycles. The summed E-state index contributed by atoms with van der Waals surface area (Å²) in [5, 5.41) is 10.9. The molecule has 1 atom stereocenters. The average molecular weight is 210 g/mol. The summed E-state index contributed by atoms with van der Waals surface area (Å²) < 4.78 is 0. The molecule has 2 aliphatic rings. The minimum Gasteiger partial charge on any atom is -0.389 e. The fourth-order valence-corrected chi connectivity index (χ4v) is 3.63. The molecule has 0 saturated heterocycles. The third-order valence-electron chi connectivity index (χ3n) is 5.00. The van der Waals surface area contributed by atoms with Crippen molar-refractivity contribution in [2.24, 2.45) is 11.3 Å². The highest BCUT2D eigenvalue weighted by atomic mass is 16.3. The first-order valence-corrected chi connectivity index (χ1v) is 6.76. The predicted octanol–water partition coefficient (Wildman–Crippen LogP) is 3.90. The maximum atomic E-state index is 10.9. The van der Waals surface area contributed by atoms with Crippen LogP contribution in [-0.2, 0) is 0 Å². The Morgan fingerprint density at radius 2 is 1.60 bits per heavy atom. The summed E-state index contributed by atoms with van der Waals surface area (Å²) in [6.45, 7) is 4.53. The van der Waals surface area contributed by atoms with E-state index in [1.54, 1.807) is 0 Å². The molecule has 15 heavy (non-hydrogen) atoms. The summed E-state index contributed by atoms with van der Waals surface area (Å²) >= 11 is 0. The van der Waals surface area contributed by atoms with Gasteiger partial charge in [0.25, 0.3) is 0 Å². The van der Waals surface area contributed by atoms with Gasteiger partial charge in [-0.3, -0.25) is 0 Å². The lowest BCUT2D eigenvalue weighted by atomic mass is 9.62. The Kier molecular flexibility index (Phi) is 3.12. The van der Waals surface area contributed by atoms with Gasteiger partial charge in [0, 0.05) is 0 Å². The van der Waals surface area contributed by atoms with Gasteiger partial charge in [-0.25, -0.2) is 0 Å². The van der Waals surface area contributed by atoms with Gasteiger partial charge in [0.2, 0.25) is 0 Å². The average Bonchev–Trinajstić information content (AvgIpc) is 2.63. The van der Waals surface area contributed by atoms with Gasteiger partial charge in [0.1, 0.15) is 0 Å². The highest BCUT2D eigenvalue weighted by molar-refractivity contribution is 4.97. The monoisotopic (exact) mass is 210 g/mol. The van der Waals surface area contributed by atoms with E-state index in [9.17, 15) is 5.11 Å². The zero-order valence-electron chi connectivity index (χ0n) is 10.4. The van der Waals surface area contributed by atoms with Crippen LogP contribution in [0.5, 0.6) is 0 Å². The van der Waals surface area contributed by atoms with Crippen molar-refractivity contribution in [3.63, 3.8) is 0 Å². The van der Waals surface area contributed by atoms with Crippen LogP contribution < -0.4 is 0 Å². The van der Waals surface area contributed by atoms with Crippen LogP contribution in [0.3, 0.4) is 0 Å². The summed E-state index contributed by atoms with van der Waals surface area (Å²) in [6, 6.07) is 0. The Morgan fingerprint density at radius 3 is 2.20 bits per heavy atom. The summed E-state index contributed by atoms with van der Waals surface area (Å²) in [5.74, 6) is 0.812. The van der Waals surface area contributed by atoms with E-state index in [0.717, 1.165) is 18.8 Å². The van der Waals surface area contributed by atoms with Crippen LogP contribution in [0.2, 0.25) is 0 Å². The number of aliphatic hydroxyl groups is 1. The lowest BCUT2D eigenvalue weighted by Gasteiger charge is -2.48. The quantitative estimate of drug-likeness (QED) is 0.733. The van der Waals surface area contributed by atoms with Crippen molar-refractivity contribution in [2.75, 3.05) is 0 Å². The fraction of sp³-hybridized carbons (Fsp3) is 1.00. The van der Waals surface area contributed by atoms with Gasteiger partial charge >= 0.3 is 0 Å². The second kappa shape index (κ2) is 4.08. The third-order valence-corrected chi connectivity index (χ3v) is 5.00. The van der Waals surface area contributed by atoms with E-state index in [-0.39, 0.29) is 11.0 Å². The number of hydrogen-bond donors (Lipinski definition) is 1. The summed E-state index contributed by atoms with van der Waals surface area (Å²) in [4.78, 5) is 0. The first-order chi connectivity index (χ1) is 7.04. The first kappa shape index (κ1) is 11.4. The second-order valence-electron chi connectivity index (χ2n) is 6.48. The van der Waals surface area contributed by atoms with Crippen molar-refractivity contribution in [3.8, 4) is 0 Å². The van der Waals surface area contributed by atoms with Gasteiger partial charge < -0.3 is 5.11 Å². The standard InChI is InChI=1S/C14H26O/c1-13(2)9-5-6-10-14(13,15)11-12-7-3-4-8-12/h12,15H,3-11H2,1-2H3. The van der Waals surface area contributed by atoms with Gasteiger partial charge in [-0.05, 0) is 30.6 Å². The molecule has 88 valence electrons. The molecule has 0 heterocycles. The summed E-state index contributed by atoms with van der Waals surface area (Å²) in [5.41, 5.74) is -0.214. The molecular weight excluding hydrogens is 184 g/mol. The van der Waals surface area contributed by atoms with E-state index in [1.165, 1.54) is 44.9 Å². The lowest BCUT2D eigenvalue weighted by Crippen LogP contribution is -2.48. The highest BCUT2D eigenvalue weighted by Gasteiger charge is 2.46. The Morgan fingerprint density at radius 1 is 1.00 bits per heavy atom. The Balaban J connectivity index is 2.02. The first-order valence-electron chi connectivity index (χ1n) is 6.76. The molecule has 1 N–H and O–H groups in total. The van der Waals surface area contributed by atoms with Gasteiger partial charge in [0.05, 0.1) is 5.60 Å². The van der Waals surface area contributed by atoms with Crippen LogP contribution in [0, 0.1) is 11.3 Å². The van der Waals surface area contributed by atoms with Crippen molar-refractivity contribution >= 4 is 0 Å². The number of hydrogen-bond acceptors (Lipinski definition) is 1. The predicted molar refractivity (Wildman–Crippen MR) is 63.8 cm³/mol. The highest BCUT2D eigenvalue weighted by Crippen LogP contribution is 2.48. The van der Waals surface area contributed by atoms with E-state index in [4.69, 9.17) is 0 Å². The molecule has 0 spiro atoms. The van der Waals surface area contributed by atoms with E-state index < -0.39 is 0 Å². The molecule has 0 bridgehead atoms. The molecule has 0 aromatic carbocycles. The fourth-order valence-electron chi connectivity index (χ4n) is 3.63. The molecule has 0 radical (unpaired) electrons. The molecule has 2 aliphatic carbocycles. The molecule has 2 rings (SSSR count). The topological polar surface area (TPSA) is 20.2 Å². The van der Waals surface area contributed by atoms with Crippen LogP contribution in [0.1, 0.15) is 71.6 Å². The molecule has 1 heteroatoms. The van der Waals surface area contributed by atoms with Crippen LogP contribution in [0.4, 0.5) is 0 Å². The zero-order valence-corrected chi connectivity index (χ0v) is 10.4. The largest absolute Gasteiger partial charge is 0.389 e. The van der Waals surface area contributed by atoms with Crippen LogP contribution in [0.25, 0.3) is 0 Å². The smallest absolute Gasteiger partial charge is 0.0701 e. The molecule has 0 aliphatic heterocycles. The van der Waals surface area contributed by atoms with E-state index >= 15 is 0 Å². The molecule has 2 fully saturated rings. The van der Waals surface area contributed by atoms with E-state index in [0.29, 0.717) is 0 Å². The SMILES string of the molecule is CC1(C)CCCCC1(O)CC1CCCC1. The van der Waals surface area contributed by atoms with E-state index in [2.05, 4.69) is 13.8 Å². The van der Waals surface area contributed by atoms with Gasteiger partial charge in [-0.1, -0.05) is 52.4 Å². The van der Waals surface area contributed by atoms with Crippen molar-refractivity contribution in [1.29, 1.82) is 0 Å². The molecule has 0 amide bonds. The van der Waals surface area contributed by atoms with Gasteiger partial charge in [0.15, 0.2) is 0 Å². The van der Waals surface area contributed by atoms with Crippen LogP contribution >= 0.6 is 0 Å². The normalized spacial score (nSPS) is 37.0. The van der Waals surface area contributed by atoms with Gasteiger partial charge in [-0.15, -0.1) is 0 Å².